The molecule has 2 aromatic rings. The van der Waals surface area contributed by atoms with Crippen LogP contribution in [0.4, 0.5) is 11.4 Å². The Labute approximate surface area is 220 Å². The zero-order chi connectivity index (χ0) is 26.0. The van der Waals surface area contributed by atoms with Gasteiger partial charge in [-0.05, 0) is 86.1 Å². The van der Waals surface area contributed by atoms with Crippen molar-refractivity contribution in [3.63, 3.8) is 0 Å². The van der Waals surface area contributed by atoms with Crippen LogP contribution in [0.2, 0.25) is 0 Å². The fourth-order valence-electron chi connectivity index (χ4n) is 3.94. The van der Waals surface area contributed by atoms with E-state index in [-0.39, 0.29) is 5.78 Å². The Morgan fingerprint density at radius 3 is 1.14 bits per heavy atom. The van der Waals surface area contributed by atoms with E-state index < -0.39 is 0 Å². The molecule has 0 aliphatic carbocycles. The highest BCUT2D eigenvalue weighted by molar-refractivity contribution is 6.09. The Morgan fingerprint density at radius 1 is 0.556 bits per heavy atom. The molecule has 3 heteroatoms. The third kappa shape index (κ3) is 10.6. The number of carbonyl (C=O) groups is 1. The average Bonchev–Trinajstić information content (AvgIpc) is 2.92. The van der Waals surface area contributed by atoms with Crippen molar-refractivity contribution >= 4 is 17.2 Å². The molecule has 0 unspecified atom stereocenters. The number of rotatable bonds is 14. The summed E-state index contributed by atoms with van der Waals surface area (Å²) in [6.45, 7) is 13.2. The van der Waals surface area contributed by atoms with Gasteiger partial charge in [0, 0.05) is 48.7 Å². The maximum absolute atomic E-state index is 12.2. The SMILES string of the molecule is CCCCN(CCCC)c1ccc(C#CC(=O)C#Cc2ccc(N(CCCC)CCCC)cc2)cc1. The lowest BCUT2D eigenvalue weighted by Gasteiger charge is -2.24. The quantitative estimate of drug-likeness (QED) is 0.260. The second-order valence-corrected chi connectivity index (χ2v) is 9.31. The van der Waals surface area contributed by atoms with E-state index >= 15 is 0 Å². The van der Waals surface area contributed by atoms with E-state index in [0.29, 0.717) is 0 Å². The van der Waals surface area contributed by atoms with E-state index in [9.17, 15) is 4.79 Å². The van der Waals surface area contributed by atoms with Crippen LogP contribution >= 0.6 is 0 Å². The first-order chi connectivity index (χ1) is 17.6. The van der Waals surface area contributed by atoms with E-state index in [2.05, 4.69) is 85.4 Å². The molecule has 0 fully saturated rings. The van der Waals surface area contributed by atoms with Gasteiger partial charge in [0.25, 0.3) is 5.78 Å². The monoisotopic (exact) mass is 484 g/mol. The summed E-state index contributed by atoms with van der Waals surface area (Å²) in [4.78, 5) is 17.1. The molecule has 2 aromatic carbocycles. The van der Waals surface area contributed by atoms with E-state index in [1.807, 2.05) is 24.3 Å². The number of nitrogens with zero attached hydrogens (tertiary/aromatic N) is 2. The van der Waals surface area contributed by atoms with Gasteiger partial charge in [-0.2, -0.15) is 0 Å². The van der Waals surface area contributed by atoms with Crippen molar-refractivity contribution in [2.45, 2.75) is 79.1 Å². The molecule has 0 heterocycles. The molecule has 0 saturated carbocycles. The Morgan fingerprint density at radius 2 is 0.861 bits per heavy atom. The van der Waals surface area contributed by atoms with Crippen molar-refractivity contribution < 1.29 is 4.79 Å². The molecule has 0 saturated heterocycles. The molecule has 192 valence electrons. The van der Waals surface area contributed by atoms with Crippen LogP contribution in [-0.4, -0.2) is 32.0 Å². The Hall–Kier alpha value is -3.17. The summed E-state index contributed by atoms with van der Waals surface area (Å²) < 4.78 is 0. The third-order valence-electron chi connectivity index (χ3n) is 6.23. The number of hydrogen-bond donors (Lipinski definition) is 0. The number of hydrogen-bond acceptors (Lipinski definition) is 3. The summed E-state index contributed by atoms with van der Waals surface area (Å²) in [6.07, 6.45) is 9.53. The number of benzene rings is 2. The van der Waals surface area contributed by atoms with Gasteiger partial charge in [-0.3, -0.25) is 4.79 Å². The fourth-order valence-corrected chi connectivity index (χ4v) is 3.94. The molecular formula is C33H44N2O. The molecule has 0 aliphatic rings. The van der Waals surface area contributed by atoms with Crippen molar-refractivity contribution in [2.75, 3.05) is 36.0 Å². The van der Waals surface area contributed by atoms with Gasteiger partial charge in [0.05, 0.1) is 0 Å². The van der Waals surface area contributed by atoms with E-state index in [1.54, 1.807) is 0 Å². The molecule has 0 aromatic heterocycles. The lowest BCUT2D eigenvalue weighted by molar-refractivity contribution is -0.108. The predicted molar refractivity (Wildman–Crippen MR) is 156 cm³/mol. The zero-order valence-corrected chi connectivity index (χ0v) is 22.9. The topological polar surface area (TPSA) is 23.6 Å². The number of Topliss-reactive ketones (excluding diaryl/α,β-unsaturated/α-hetero) is 1. The summed E-state index contributed by atoms with van der Waals surface area (Å²) in [5.41, 5.74) is 4.12. The minimum atomic E-state index is -0.358. The molecule has 0 amide bonds. The minimum Gasteiger partial charge on any atom is -0.372 e. The molecule has 0 radical (unpaired) electrons. The van der Waals surface area contributed by atoms with Crippen LogP contribution in [0, 0.1) is 23.7 Å². The molecule has 0 atom stereocenters. The van der Waals surface area contributed by atoms with Gasteiger partial charge >= 0.3 is 0 Å². The Bertz CT molecular complexity index is 916. The number of carbonyl (C=O) groups excluding carboxylic acids is 1. The predicted octanol–water partition coefficient (Wildman–Crippen LogP) is 7.47. The maximum atomic E-state index is 12.2. The highest BCUT2D eigenvalue weighted by atomic mass is 16.1. The Balaban J connectivity index is 1.99. The zero-order valence-electron chi connectivity index (χ0n) is 22.9. The number of unbranched alkanes of at least 4 members (excludes halogenated alkanes) is 4. The van der Waals surface area contributed by atoms with Crippen LogP contribution < -0.4 is 9.80 Å². The minimum absolute atomic E-state index is 0.358. The van der Waals surface area contributed by atoms with Gasteiger partial charge in [-0.1, -0.05) is 65.2 Å². The first kappa shape index (κ1) is 29.1. The molecule has 0 bridgehead atoms. The first-order valence-electron chi connectivity index (χ1n) is 13.9. The van der Waals surface area contributed by atoms with Crippen molar-refractivity contribution in [1.82, 2.24) is 0 Å². The van der Waals surface area contributed by atoms with Crippen molar-refractivity contribution in [3.05, 3.63) is 59.7 Å². The van der Waals surface area contributed by atoms with Gasteiger partial charge in [0.1, 0.15) is 0 Å². The molecule has 36 heavy (non-hydrogen) atoms. The molecule has 0 N–H and O–H groups in total. The standard InChI is InChI=1S/C33H44N2O/c1-5-9-25-34(26-10-6-2)31-19-13-29(14-20-31)17-23-33(36)24-18-30-15-21-32(22-16-30)35(27-11-7-3)28-12-8-4/h13-16,19-22H,5-12,25-28H2,1-4H3. The van der Waals surface area contributed by atoms with Gasteiger partial charge < -0.3 is 9.80 Å². The lowest BCUT2D eigenvalue weighted by atomic mass is 10.1. The van der Waals surface area contributed by atoms with Crippen molar-refractivity contribution in [3.8, 4) is 23.7 Å². The van der Waals surface area contributed by atoms with Crippen LogP contribution in [0.5, 0.6) is 0 Å². The molecule has 0 aliphatic heterocycles. The highest BCUT2D eigenvalue weighted by Crippen LogP contribution is 2.18. The normalized spacial score (nSPS) is 10.1. The largest absolute Gasteiger partial charge is 0.372 e. The molecule has 0 spiro atoms. The smallest absolute Gasteiger partial charge is 0.279 e. The fraction of sp³-hybridized carbons (Fsp3) is 0.485. The molecule has 2 rings (SSSR count). The summed E-state index contributed by atoms with van der Waals surface area (Å²) in [5, 5.41) is 0. The second kappa shape index (κ2) is 17.3. The average molecular weight is 485 g/mol. The van der Waals surface area contributed by atoms with E-state index in [4.69, 9.17) is 0 Å². The molecular weight excluding hydrogens is 440 g/mol. The van der Waals surface area contributed by atoms with Gasteiger partial charge in [-0.15, -0.1) is 0 Å². The van der Waals surface area contributed by atoms with Gasteiger partial charge in [0.15, 0.2) is 0 Å². The number of ketones is 1. The van der Waals surface area contributed by atoms with Crippen LogP contribution in [-0.2, 0) is 4.79 Å². The van der Waals surface area contributed by atoms with E-state index in [0.717, 1.165) is 37.3 Å². The van der Waals surface area contributed by atoms with Crippen LogP contribution in [0.15, 0.2) is 48.5 Å². The first-order valence-corrected chi connectivity index (χ1v) is 13.9. The van der Waals surface area contributed by atoms with Gasteiger partial charge in [0.2, 0.25) is 0 Å². The Kier molecular flexibility index (Phi) is 14.0. The van der Waals surface area contributed by atoms with Crippen LogP contribution in [0.1, 0.15) is 90.2 Å². The van der Waals surface area contributed by atoms with Gasteiger partial charge in [-0.25, -0.2) is 0 Å². The number of anilines is 2. The maximum Gasteiger partial charge on any atom is 0.279 e. The highest BCUT2D eigenvalue weighted by Gasteiger charge is 2.06. The van der Waals surface area contributed by atoms with Crippen molar-refractivity contribution in [1.29, 1.82) is 0 Å². The van der Waals surface area contributed by atoms with Crippen LogP contribution in [0.25, 0.3) is 0 Å². The third-order valence-corrected chi connectivity index (χ3v) is 6.23. The van der Waals surface area contributed by atoms with E-state index in [1.165, 1.54) is 62.7 Å². The van der Waals surface area contributed by atoms with Crippen LogP contribution in [0.3, 0.4) is 0 Å². The summed E-state index contributed by atoms with van der Waals surface area (Å²) in [7, 11) is 0. The summed E-state index contributed by atoms with van der Waals surface area (Å²) >= 11 is 0. The lowest BCUT2D eigenvalue weighted by Crippen LogP contribution is -2.25. The van der Waals surface area contributed by atoms with Crippen molar-refractivity contribution in [2.24, 2.45) is 0 Å². The summed E-state index contributed by atoms with van der Waals surface area (Å²) in [6, 6.07) is 16.4. The summed E-state index contributed by atoms with van der Waals surface area (Å²) in [5.74, 6) is 10.9. The molecule has 3 nitrogen and oxygen atoms in total. The second-order valence-electron chi connectivity index (χ2n) is 9.31.